The van der Waals surface area contributed by atoms with Gasteiger partial charge in [0, 0.05) is 23.3 Å². The van der Waals surface area contributed by atoms with Crippen LogP contribution in [0.4, 0.5) is 21.8 Å². The summed E-state index contributed by atoms with van der Waals surface area (Å²) in [6.45, 7) is 1.73. The molecule has 0 aliphatic rings. The minimum atomic E-state index is -3.67. The van der Waals surface area contributed by atoms with Gasteiger partial charge in [-0.25, -0.2) is 32.7 Å². The summed E-state index contributed by atoms with van der Waals surface area (Å²) in [5, 5.41) is 0.436. The highest BCUT2D eigenvalue weighted by molar-refractivity contribution is 7.92. The number of hydrogen-bond acceptors (Lipinski definition) is 9. The average Bonchev–Trinajstić information content (AvgIpc) is 2.80. The van der Waals surface area contributed by atoms with Gasteiger partial charge in [-0.05, 0) is 30.2 Å². The minimum absolute atomic E-state index is 0.112. The van der Waals surface area contributed by atoms with Gasteiger partial charge in [-0.2, -0.15) is 0 Å². The summed E-state index contributed by atoms with van der Waals surface area (Å²) in [7, 11) is -2.21. The quantitative estimate of drug-likeness (QED) is 0.359. The lowest BCUT2D eigenvalue weighted by Crippen LogP contribution is -2.17. The number of fused-ring (bicyclic) bond motifs is 1. The van der Waals surface area contributed by atoms with Crippen molar-refractivity contribution >= 4 is 38.4 Å². The molecule has 0 bridgehead atoms. The van der Waals surface area contributed by atoms with E-state index in [-0.39, 0.29) is 34.6 Å². The van der Waals surface area contributed by atoms with Crippen LogP contribution in [0.25, 0.3) is 33.4 Å². The Bertz CT molecular complexity index is 1480. The van der Waals surface area contributed by atoms with Crippen LogP contribution in [0.1, 0.15) is 13.3 Å². The second-order valence-corrected chi connectivity index (χ2v) is 9.27. The summed E-state index contributed by atoms with van der Waals surface area (Å²) in [5.74, 6) is 0.0115. The summed E-state index contributed by atoms with van der Waals surface area (Å²) in [6.07, 6.45) is 3.36. The van der Waals surface area contributed by atoms with Gasteiger partial charge in [-0.1, -0.05) is 19.1 Å². The molecule has 0 spiro atoms. The molecule has 4 aromatic rings. The lowest BCUT2D eigenvalue weighted by atomic mass is 10.0. The molecule has 0 unspecified atom stereocenters. The number of halogens is 1. The first kappa shape index (κ1) is 23.1. The molecule has 0 radical (unpaired) electrons. The SMILES string of the molecule is CCCS(=O)(=O)Nc1cccc(-c2cc(OC)c3nc(-c4cnc(N)nc4)nc(N)c3c2)c1F. The Hall–Kier alpha value is -4.06. The van der Waals surface area contributed by atoms with Crippen LogP contribution in [-0.2, 0) is 10.0 Å². The van der Waals surface area contributed by atoms with Gasteiger partial charge in [0.25, 0.3) is 0 Å². The van der Waals surface area contributed by atoms with E-state index in [1.807, 2.05) is 0 Å². The zero-order valence-electron chi connectivity index (χ0n) is 18.4. The van der Waals surface area contributed by atoms with Gasteiger partial charge in [0.05, 0.1) is 24.1 Å². The van der Waals surface area contributed by atoms with Crippen LogP contribution in [0, 0.1) is 5.82 Å². The topological polar surface area (TPSA) is 159 Å². The molecule has 2 aromatic carbocycles. The van der Waals surface area contributed by atoms with Gasteiger partial charge in [-0.15, -0.1) is 0 Å². The number of sulfonamides is 1. The van der Waals surface area contributed by atoms with Crippen molar-refractivity contribution in [3.63, 3.8) is 0 Å². The first-order chi connectivity index (χ1) is 16.2. The highest BCUT2D eigenvalue weighted by Gasteiger charge is 2.19. The molecule has 0 aliphatic heterocycles. The number of nitrogen functional groups attached to an aromatic ring is 2. The van der Waals surface area contributed by atoms with E-state index >= 15 is 4.39 Å². The van der Waals surface area contributed by atoms with E-state index < -0.39 is 15.8 Å². The van der Waals surface area contributed by atoms with Crippen molar-refractivity contribution in [3.8, 4) is 28.3 Å². The number of aromatic nitrogens is 4. The van der Waals surface area contributed by atoms with Crippen LogP contribution in [-0.4, -0.2) is 41.2 Å². The minimum Gasteiger partial charge on any atom is -0.494 e. The molecule has 0 aliphatic carbocycles. The smallest absolute Gasteiger partial charge is 0.232 e. The molecular formula is C22H22FN7O3S. The lowest BCUT2D eigenvalue weighted by Gasteiger charge is -2.14. The second kappa shape index (κ2) is 9.06. The molecule has 34 heavy (non-hydrogen) atoms. The molecule has 176 valence electrons. The Kier molecular flexibility index (Phi) is 6.16. The summed E-state index contributed by atoms with van der Waals surface area (Å²) < 4.78 is 47.4. The standard InChI is InChI=1S/C22H22FN7O3S/c1-3-7-34(31,32)30-16-6-4-5-14(18(16)23)12-8-15-19(17(9-12)33-2)28-21(29-20(15)24)13-10-26-22(25)27-11-13/h4-6,8-11,30H,3,7H2,1-2H3,(H2,24,28,29)(H2,25,26,27). The Morgan fingerprint density at radius 2 is 1.82 bits per heavy atom. The average molecular weight is 484 g/mol. The number of hydrogen-bond donors (Lipinski definition) is 3. The predicted octanol–water partition coefficient (Wildman–Crippen LogP) is 3.22. The van der Waals surface area contributed by atoms with E-state index in [9.17, 15) is 8.42 Å². The highest BCUT2D eigenvalue weighted by Crippen LogP contribution is 2.37. The number of nitrogens with zero attached hydrogens (tertiary/aromatic N) is 4. The lowest BCUT2D eigenvalue weighted by molar-refractivity contribution is 0.419. The number of nitrogens with two attached hydrogens (primary N) is 2. The van der Waals surface area contributed by atoms with E-state index in [0.29, 0.717) is 34.2 Å². The third kappa shape index (κ3) is 4.53. The van der Waals surface area contributed by atoms with Crippen LogP contribution in [0.5, 0.6) is 5.75 Å². The third-order valence-electron chi connectivity index (χ3n) is 4.99. The predicted molar refractivity (Wildman–Crippen MR) is 129 cm³/mol. The summed E-state index contributed by atoms with van der Waals surface area (Å²) in [5.41, 5.74) is 13.1. The maximum absolute atomic E-state index is 15.3. The molecule has 0 saturated carbocycles. The summed E-state index contributed by atoms with van der Waals surface area (Å²) in [4.78, 5) is 16.7. The molecule has 0 atom stereocenters. The van der Waals surface area contributed by atoms with Crippen LogP contribution in [0.15, 0.2) is 42.7 Å². The Morgan fingerprint density at radius 1 is 1.09 bits per heavy atom. The highest BCUT2D eigenvalue weighted by atomic mass is 32.2. The molecule has 5 N–H and O–H groups in total. The van der Waals surface area contributed by atoms with Crippen molar-refractivity contribution in [2.45, 2.75) is 13.3 Å². The van der Waals surface area contributed by atoms with Gasteiger partial charge >= 0.3 is 0 Å². The maximum Gasteiger partial charge on any atom is 0.232 e. The monoisotopic (exact) mass is 483 g/mol. The molecule has 2 aromatic heterocycles. The van der Waals surface area contributed by atoms with Crippen molar-refractivity contribution in [3.05, 3.63) is 48.5 Å². The largest absolute Gasteiger partial charge is 0.494 e. The molecule has 10 nitrogen and oxygen atoms in total. The van der Waals surface area contributed by atoms with Gasteiger partial charge in [0.15, 0.2) is 11.6 Å². The van der Waals surface area contributed by atoms with Crippen molar-refractivity contribution < 1.29 is 17.5 Å². The van der Waals surface area contributed by atoms with Crippen LogP contribution in [0.2, 0.25) is 0 Å². The molecular weight excluding hydrogens is 461 g/mol. The Balaban J connectivity index is 1.84. The van der Waals surface area contributed by atoms with E-state index in [0.717, 1.165) is 0 Å². The third-order valence-corrected chi connectivity index (χ3v) is 6.47. The molecule has 4 rings (SSSR count). The van der Waals surface area contributed by atoms with E-state index in [2.05, 4.69) is 24.7 Å². The molecule has 2 heterocycles. The van der Waals surface area contributed by atoms with Gasteiger partial charge in [0.1, 0.15) is 17.1 Å². The maximum atomic E-state index is 15.3. The number of rotatable bonds is 7. The van der Waals surface area contributed by atoms with Crippen LogP contribution < -0.4 is 20.9 Å². The van der Waals surface area contributed by atoms with Crippen molar-refractivity contribution in [1.29, 1.82) is 0 Å². The van der Waals surface area contributed by atoms with Gasteiger partial charge in [0.2, 0.25) is 16.0 Å². The fourth-order valence-electron chi connectivity index (χ4n) is 3.44. The fourth-order valence-corrected chi connectivity index (χ4v) is 4.57. The van der Waals surface area contributed by atoms with Crippen LogP contribution in [0.3, 0.4) is 0 Å². The number of methoxy groups -OCH3 is 1. The van der Waals surface area contributed by atoms with Crippen LogP contribution >= 0.6 is 0 Å². The fraction of sp³-hybridized carbons (Fsp3) is 0.182. The number of ether oxygens (including phenoxy) is 1. The molecule has 0 saturated heterocycles. The first-order valence-electron chi connectivity index (χ1n) is 10.2. The zero-order valence-corrected chi connectivity index (χ0v) is 19.2. The number of anilines is 3. The summed E-state index contributed by atoms with van der Waals surface area (Å²) in [6, 6.07) is 7.68. The number of nitrogens with one attached hydrogen (secondary N) is 1. The molecule has 12 heteroatoms. The Morgan fingerprint density at radius 3 is 2.50 bits per heavy atom. The van der Waals surface area contributed by atoms with E-state index in [1.54, 1.807) is 25.1 Å². The zero-order chi connectivity index (χ0) is 24.5. The van der Waals surface area contributed by atoms with E-state index in [4.69, 9.17) is 16.2 Å². The van der Waals surface area contributed by atoms with Gasteiger partial charge in [-0.3, -0.25) is 4.72 Å². The second-order valence-electron chi connectivity index (χ2n) is 7.43. The van der Waals surface area contributed by atoms with Crippen molar-refractivity contribution in [2.24, 2.45) is 0 Å². The summed E-state index contributed by atoms with van der Waals surface area (Å²) >= 11 is 0. The van der Waals surface area contributed by atoms with Crippen molar-refractivity contribution in [1.82, 2.24) is 19.9 Å². The molecule has 0 fully saturated rings. The van der Waals surface area contributed by atoms with E-state index in [1.165, 1.54) is 31.6 Å². The Labute approximate surface area is 195 Å². The van der Waals surface area contributed by atoms with Crippen molar-refractivity contribution in [2.75, 3.05) is 29.1 Å². The first-order valence-corrected chi connectivity index (χ1v) is 11.9. The van der Waals surface area contributed by atoms with Gasteiger partial charge < -0.3 is 16.2 Å². The number of benzene rings is 2. The molecule has 0 amide bonds. The normalized spacial score (nSPS) is 11.5.